The van der Waals surface area contributed by atoms with E-state index < -0.39 is 0 Å². The second-order valence-electron chi connectivity index (χ2n) is 10.1. The lowest BCUT2D eigenvalue weighted by Gasteiger charge is -2.11. The molecule has 2 aromatic heterocycles. The number of imidazole rings is 1. The summed E-state index contributed by atoms with van der Waals surface area (Å²) in [5.41, 5.74) is 9.45. The minimum atomic E-state index is -0.0364. The van der Waals surface area contributed by atoms with E-state index in [9.17, 15) is 4.79 Å². The number of aryl methyl sites for hydroxylation is 1. The maximum Gasteiger partial charge on any atom is 0.333 e. The van der Waals surface area contributed by atoms with Gasteiger partial charge in [-0.15, -0.1) is 0 Å². The maximum absolute atomic E-state index is 13.6. The molecule has 0 saturated carbocycles. The number of hydrogen-bond acceptors (Lipinski definition) is 3. The lowest BCUT2D eigenvalue weighted by atomic mass is 10.0. The van der Waals surface area contributed by atoms with Crippen molar-refractivity contribution < 1.29 is 0 Å². The molecule has 5 aromatic carbocycles. The summed E-state index contributed by atoms with van der Waals surface area (Å²) in [5, 5.41) is 0. The number of hydrogen-bond donors (Lipinski definition) is 0. The number of fused-ring (bicyclic) bond motifs is 1. The van der Waals surface area contributed by atoms with Gasteiger partial charge in [-0.25, -0.2) is 14.8 Å². The van der Waals surface area contributed by atoms with Gasteiger partial charge in [0.1, 0.15) is 0 Å². The molecule has 0 N–H and O–H groups in total. The molecule has 0 radical (unpaired) electrons. The highest BCUT2D eigenvalue weighted by Crippen LogP contribution is 2.32. The highest BCUT2D eigenvalue weighted by Gasteiger charge is 2.18. The molecule has 0 atom stereocenters. The monoisotopic (exact) mass is 544 g/mol. The number of rotatable bonds is 6. The van der Waals surface area contributed by atoms with Gasteiger partial charge in [0.25, 0.3) is 0 Å². The molecule has 7 rings (SSSR count). The highest BCUT2D eigenvalue weighted by molar-refractivity contribution is 5.94. The first-order chi connectivity index (χ1) is 20.7. The van der Waals surface area contributed by atoms with Crippen molar-refractivity contribution >= 4 is 11.0 Å². The normalized spacial score (nSPS) is 11.2. The van der Waals surface area contributed by atoms with Crippen LogP contribution >= 0.6 is 0 Å². The molecule has 0 aliphatic rings. The van der Waals surface area contributed by atoms with Gasteiger partial charge >= 0.3 is 5.69 Å². The van der Waals surface area contributed by atoms with Crippen molar-refractivity contribution in [3.8, 4) is 50.7 Å². The first kappa shape index (κ1) is 25.4. The van der Waals surface area contributed by atoms with Crippen molar-refractivity contribution in [3.63, 3.8) is 0 Å². The van der Waals surface area contributed by atoms with E-state index in [0.29, 0.717) is 12.4 Å². The Kier molecular flexibility index (Phi) is 6.53. The Bertz CT molecular complexity index is 2000. The second-order valence-corrected chi connectivity index (χ2v) is 10.1. The molecule has 0 saturated heterocycles. The fraction of sp³-hybridized carbons (Fsp3) is 0.0541. The predicted molar refractivity (Wildman–Crippen MR) is 171 cm³/mol. The van der Waals surface area contributed by atoms with E-state index in [2.05, 4.69) is 42.5 Å². The summed E-state index contributed by atoms with van der Waals surface area (Å²) in [4.78, 5) is 23.4. The molecule has 0 spiro atoms. The van der Waals surface area contributed by atoms with E-state index in [-0.39, 0.29) is 5.69 Å². The molecule has 5 heteroatoms. The van der Waals surface area contributed by atoms with Crippen LogP contribution in [0.2, 0.25) is 0 Å². The lowest BCUT2D eigenvalue weighted by Crippen LogP contribution is -2.22. The molecule has 0 bridgehead atoms. The predicted octanol–water partition coefficient (Wildman–Crippen LogP) is 8.27. The molecular weight excluding hydrogens is 516 g/mol. The van der Waals surface area contributed by atoms with Gasteiger partial charge in [-0.05, 0) is 36.8 Å². The fourth-order valence-corrected chi connectivity index (χ4v) is 5.56. The van der Waals surface area contributed by atoms with Crippen LogP contribution in [0.1, 0.15) is 6.92 Å². The Hall–Kier alpha value is -5.55. The average molecular weight is 545 g/mol. The largest absolute Gasteiger partial charge is 0.333 e. The van der Waals surface area contributed by atoms with Crippen LogP contribution in [-0.2, 0) is 6.54 Å². The molecule has 42 heavy (non-hydrogen) atoms. The average Bonchev–Trinajstić information content (AvgIpc) is 3.36. The molecule has 0 amide bonds. The number of aromatic nitrogens is 4. The molecule has 202 valence electrons. The molecule has 0 fully saturated rings. The summed E-state index contributed by atoms with van der Waals surface area (Å²) in [5.74, 6) is 0.690. The van der Waals surface area contributed by atoms with Crippen molar-refractivity contribution in [1.29, 1.82) is 0 Å². The topological polar surface area (TPSA) is 52.7 Å². The van der Waals surface area contributed by atoms with E-state index in [1.807, 2.05) is 109 Å². The summed E-state index contributed by atoms with van der Waals surface area (Å²) in [6, 6.07) is 46.7. The van der Waals surface area contributed by atoms with Gasteiger partial charge in [0.05, 0.1) is 28.1 Å². The minimum absolute atomic E-state index is 0.0364. The zero-order chi connectivity index (χ0) is 28.5. The van der Waals surface area contributed by atoms with Gasteiger partial charge in [-0.3, -0.25) is 9.13 Å². The maximum atomic E-state index is 13.6. The third kappa shape index (κ3) is 4.51. The van der Waals surface area contributed by atoms with Crippen LogP contribution in [0.25, 0.3) is 61.8 Å². The van der Waals surface area contributed by atoms with Crippen LogP contribution < -0.4 is 5.69 Å². The van der Waals surface area contributed by atoms with Crippen LogP contribution in [0.4, 0.5) is 0 Å². The van der Waals surface area contributed by atoms with Gasteiger partial charge in [-0.1, -0.05) is 115 Å². The first-order valence-corrected chi connectivity index (χ1v) is 14.1. The van der Waals surface area contributed by atoms with Crippen molar-refractivity contribution in [2.24, 2.45) is 0 Å². The molecular formula is C37H28N4O. The molecule has 0 unspecified atom stereocenters. The van der Waals surface area contributed by atoms with E-state index >= 15 is 0 Å². The summed E-state index contributed by atoms with van der Waals surface area (Å²) < 4.78 is 3.65. The Morgan fingerprint density at radius 3 is 1.74 bits per heavy atom. The Balaban J connectivity index is 1.34. The van der Waals surface area contributed by atoms with Crippen LogP contribution in [-0.4, -0.2) is 19.1 Å². The Labute approximate surface area is 244 Å². The molecule has 0 aliphatic carbocycles. The Morgan fingerprint density at radius 1 is 0.571 bits per heavy atom. The van der Waals surface area contributed by atoms with Crippen molar-refractivity contribution in [2.45, 2.75) is 13.5 Å². The van der Waals surface area contributed by atoms with E-state index in [0.717, 1.165) is 55.9 Å². The number of benzene rings is 5. The standard InChI is InChI=1S/C37H28N4O/c1-2-40-35-31(19-12-20-34(35)41(37(40)42)30-17-10-5-11-18-30)26-21-23-28(24-22-26)33-25-32(27-13-6-3-7-14-27)38-36(39-33)29-15-8-4-9-16-29/h3-25H,2H2,1H3. The van der Waals surface area contributed by atoms with Gasteiger partial charge < -0.3 is 0 Å². The van der Waals surface area contributed by atoms with Crippen LogP contribution in [0, 0.1) is 0 Å². The van der Waals surface area contributed by atoms with E-state index in [1.54, 1.807) is 4.57 Å². The van der Waals surface area contributed by atoms with Crippen LogP contribution in [0.5, 0.6) is 0 Å². The second kappa shape index (κ2) is 10.8. The lowest BCUT2D eigenvalue weighted by molar-refractivity contribution is 0.734. The quantitative estimate of drug-likeness (QED) is 0.212. The Morgan fingerprint density at radius 2 is 1.12 bits per heavy atom. The first-order valence-electron chi connectivity index (χ1n) is 14.1. The van der Waals surface area contributed by atoms with Gasteiger partial charge in [0.15, 0.2) is 5.82 Å². The van der Waals surface area contributed by atoms with Gasteiger partial charge in [0.2, 0.25) is 0 Å². The minimum Gasteiger partial charge on any atom is -0.291 e. The van der Waals surface area contributed by atoms with Gasteiger partial charge in [0, 0.05) is 28.8 Å². The fourth-order valence-electron chi connectivity index (χ4n) is 5.56. The van der Waals surface area contributed by atoms with Crippen molar-refractivity contribution in [3.05, 3.63) is 150 Å². The molecule has 5 nitrogen and oxygen atoms in total. The number of nitrogens with zero attached hydrogens (tertiary/aromatic N) is 4. The summed E-state index contributed by atoms with van der Waals surface area (Å²) >= 11 is 0. The number of para-hydroxylation sites is 2. The smallest absolute Gasteiger partial charge is 0.291 e. The summed E-state index contributed by atoms with van der Waals surface area (Å²) in [7, 11) is 0. The van der Waals surface area contributed by atoms with E-state index in [1.165, 1.54) is 0 Å². The summed E-state index contributed by atoms with van der Waals surface area (Å²) in [6.07, 6.45) is 0. The third-order valence-electron chi connectivity index (χ3n) is 7.60. The van der Waals surface area contributed by atoms with Crippen molar-refractivity contribution in [2.75, 3.05) is 0 Å². The highest BCUT2D eigenvalue weighted by atomic mass is 16.1. The zero-order valence-corrected chi connectivity index (χ0v) is 23.2. The van der Waals surface area contributed by atoms with Crippen molar-refractivity contribution in [1.82, 2.24) is 19.1 Å². The van der Waals surface area contributed by atoms with E-state index in [4.69, 9.17) is 9.97 Å². The van der Waals surface area contributed by atoms with Gasteiger partial charge in [-0.2, -0.15) is 0 Å². The third-order valence-corrected chi connectivity index (χ3v) is 7.60. The summed E-state index contributed by atoms with van der Waals surface area (Å²) in [6.45, 7) is 2.59. The molecule has 2 heterocycles. The SMILES string of the molecule is CCn1c(=O)n(-c2ccccc2)c2cccc(-c3ccc(-c4cc(-c5ccccc5)nc(-c5ccccc5)n4)cc3)c21. The molecule has 0 aliphatic heterocycles. The van der Waals surface area contributed by atoms with Crippen LogP contribution in [0.3, 0.4) is 0 Å². The molecule has 7 aromatic rings. The zero-order valence-electron chi connectivity index (χ0n) is 23.2. The van der Waals surface area contributed by atoms with Crippen LogP contribution in [0.15, 0.2) is 144 Å².